The van der Waals surface area contributed by atoms with Crippen molar-refractivity contribution in [2.24, 2.45) is 5.92 Å². The molecule has 110 valence electrons. The average Bonchev–Trinajstić information content (AvgIpc) is 2.82. The second kappa shape index (κ2) is 10.0. The molecule has 0 saturated carbocycles. The third kappa shape index (κ3) is 8.03. The van der Waals surface area contributed by atoms with Gasteiger partial charge in [-0.3, -0.25) is 0 Å². The predicted molar refractivity (Wildman–Crippen MR) is 78.3 cm³/mol. The predicted octanol–water partition coefficient (Wildman–Crippen LogP) is 2.29. The Labute approximate surface area is 117 Å². The zero-order valence-corrected chi connectivity index (χ0v) is 12.5. The molecule has 0 aliphatic rings. The molecule has 1 aromatic heterocycles. The van der Waals surface area contributed by atoms with E-state index in [9.17, 15) is 0 Å². The Morgan fingerprint density at radius 3 is 2.84 bits per heavy atom. The van der Waals surface area contributed by atoms with E-state index in [4.69, 9.17) is 9.47 Å². The van der Waals surface area contributed by atoms with E-state index in [0.717, 1.165) is 51.8 Å². The summed E-state index contributed by atoms with van der Waals surface area (Å²) in [5.41, 5.74) is 1.30. The van der Waals surface area contributed by atoms with Crippen molar-refractivity contribution in [3.05, 3.63) is 24.0 Å². The van der Waals surface area contributed by atoms with Crippen LogP contribution in [0.2, 0.25) is 0 Å². The minimum Gasteiger partial charge on any atom is -0.383 e. The van der Waals surface area contributed by atoms with Crippen molar-refractivity contribution in [3.8, 4) is 0 Å². The molecular formula is C15H28N2O2. The van der Waals surface area contributed by atoms with Gasteiger partial charge >= 0.3 is 0 Å². The van der Waals surface area contributed by atoms with Crippen molar-refractivity contribution in [1.29, 1.82) is 0 Å². The van der Waals surface area contributed by atoms with Crippen LogP contribution in [0, 0.1) is 5.92 Å². The first-order chi connectivity index (χ1) is 9.22. The molecule has 0 aliphatic heterocycles. The van der Waals surface area contributed by atoms with Crippen LogP contribution in [-0.2, 0) is 22.6 Å². The van der Waals surface area contributed by atoms with E-state index in [1.807, 2.05) is 0 Å². The number of rotatable bonds is 11. The molecule has 1 aromatic rings. The van der Waals surface area contributed by atoms with Crippen molar-refractivity contribution < 1.29 is 9.47 Å². The summed E-state index contributed by atoms with van der Waals surface area (Å²) in [6, 6.07) is 2.15. The molecule has 1 N–H and O–H groups in total. The fourth-order valence-electron chi connectivity index (χ4n) is 1.73. The average molecular weight is 268 g/mol. The van der Waals surface area contributed by atoms with Crippen molar-refractivity contribution in [2.45, 2.75) is 33.4 Å². The first-order valence-electron chi connectivity index (χ1n) is 7.14. The zero-order valence-electron chi connectivity index (χ0n) is 12.5. The van der Waals surface area contributed by atoms with Gasteiger partial charge in [-0.25, -0.2) is 0 Å². The van der Waals surface area contributed by atoms with Gasteiger partial charge < -0.3 is 19.4 Å². The highest BCUT2D eigenvalue weighted by molar-refractivity contribution is 5.09. The monoisotopic (exact) mass is 268 g/mol. The van der Waals surface area contributed by atoms with Crippen LogP contribution in [0.1, 0.15) is 25.8 Å². The van der Waals surface area contributed by atoms with E-state index >= 15 is 0 Å². The quantitative estimate of drug-likeness (QED) is 0.625. The summed E-state index contributed by atoms with van der Waals surface area (Å²) in [7, 11) is 1.72. The third-order valence-corrected chi connectivity index (χ3v) is 2.96. The molecule has 0 radical (unpaired) electrons. The Kier molecular flexibility index (Phi) is 8.54. The smallest absolute Gasteiger partial charge is 0.0645 e. The first kappa shape index (κ1) is 16.2. The van der Waals surface area contributed by atoms with Crippen LogP contribution in [0.25, 0.3) is 0 Å². The Morgan fingerprint density at radius 1 is 1.26 bits per heavy atom. The van der Waals surface area contributed by atoms with E-state index in [2.05, 4.69) is 42.2 Å². The maximum Gasteiger partial charge on any atom is 0.0645 e. The molecule has 0 aliphatic carbocycles. The Balaban J connectivity index is 2.09. The molecule has 4 heteroatoms. The van der Waals surface area contributed by atoms with Crippen LogP contribution in [0.5, 0.6) is 0 Å². The number of hydrogen-bond acceptors (Lipinski definition) is 3. The minimum atomic E-state index is 0.719. The summed E-state index contributed by atoms with van der Waals surface area (Å²) in [4.78, 5) is 0. The van der Waals surface area contributed by atoms with E-state index in [1.165, 1.54) is 5.56 Å². The van der Waals surface area contributed by atoms with Crippen LogP contribution in [0.15, 0.2) is 18.5 Å². The van der Waals surface area contributed by atoms with Crippen molar-refractivity contribution in [2.75, 3.05) is 33.5 Å². The lowest BCUT2D eigenvalue weighted by Crippen LogP contribution is -2.18. The van der Waals surface area contributed by atoms with E-state index < -0.39 is 0 Å². The molecule has 0 saturated heterocycles. The van der Waals surface area contributed by atoms with Gasteiger partial charge in [0, 0.05) is 45.7 Å². The summed E-state index contributed by atoms with van der Waals surface area (Å²) >= 11 is 0. The van der Waals surface area contributed by atoms with Gasteiger partial charge in [-0.05, 0) is 24.0 Å². The minimum absolute atomic E-state index is 0.719. The van der Waals surface area contributed by atoms with Crippen LogP contribution in [0.3, 0.4) is 0 Å². The molecule has 0 spiro atoms. The second-order valence-electron chi connectivity index (χ2n) is 5.22. The van der Waals surface area contributed by atoms with Gasteiger partial charge in [-0.15, -0.1) is 0 Å². The largest absolute Gasteiger partial charge is 0.383 e. The zero-order chi connectivity index (χ0) is 13.9. The number of hydrogen-bond donors (Lipinski definition) is 1. The maximum atomic E-state index is 5.62. The lowest BCUT2D eigenvalue weighted by atomic mass is 10.1. The highest BCUT2D eigenvalue weighted by Gasteiger charge is 1.98. The summed E-state index contributed by atoms with van der Waals surface area (Å²) in [6.45, 7) is 9.56. The van der Waals surface area contributed by atoms with Crippen LogP contribution in [0.4, 0.5) is 0 Å². The number of aromatic nitrogens is 1. The molecule has 19 heavy (non-hydrogen) atoms. The Morgan fingerprint density at radius 2 is 2.11 bits per heavy atom. The molecule has 0 aromatic carbocycles. The molecule has 0 atom stereocenters. The van der Waals surface area contributed by atoms with E-state index in [-0.39, 0.29) is 0 Å². The highest BCUT2D eigenvalue weighted by atomic mass is 16.5. The lowest BCUT2D eigenvalue weighted by molar-refractivity contribution is 0.116. The second-order valence-corrected chi connectivity index (χ2v) is 5.22. The SMILES string of the molecule is COCCNCc1ccn(CCOCCC(C)C)c1. The summed E-state index contributed by atoms with van der Waals surface area (Å²) in [5, 5.41) is 3.34. The molecule has 0 amide bonds. The molecule has 0 unspecified atom stereocenters. The Hall–Kier alpha value is -0.840. The van der Waals surface area contributed by atoms with Gasteiger partial charge in [0.15, 0.2) is 0 Å². The number of ether oxygens (including phenoxy) is 2. The lowest BCUT2D eigenvalue weighted by Gasteiger charge is -2.07. The maximum absolute atomic E-state index is 5.62. The topological polar surface area (TPSA) is 35.4 Å². The van der Waals surface area contributed by atoms with Gasteiger partial charge in [0.25, 0.3) is 0 Å². The van der Waals surface area contributed by atoms with Crippen LogP contribution < -0.4 is 5.32 Å². The molecule has 0 fully saturated rings. The first-order valence-corrected chi connectivity index (χ1v) is 7.14. The van der Waals surface area contributed by atoms with E-state index in [1.54, 1.807) is 7.11 Å². The van der Waals surface area contributed by atoms with E-state index in [0.29, 0.717) is 0 Å². The van der Waals surface area contributed by atoms with Gasteiger partial charge in [-0.1, -0.05) is 13.8 Å². The molecule has 1 heterocycles. The fraction of sp³-hybridized carbons (Fsp3) is 0.733. The summed E-state index contributed by atoms with van der Waals surface area (Å²) in [6.07, 6.45) is 5.42. The number of methoxy groups -OCH3 is 1. The van der Waals surface area contributed by atoms with Crippen molar-refractivity contribution >= 4 is 0 Å². The summed E-state index contributed by atoms with van der Waals surface area (Å²) in [5.74, 6) is 0.719. The fourth-order valence-corrected chi connectivity index (χ4v) is 1.73. The standard InChI is InChI=1S/C15H28N2O2/c1-14(2)5-9-19-11-8-17-7-4-15(13-17)12-16-6-10-18-3/h4,7,13-14,16H,5-6,8-12H2,1-3H3. The van der Waals surface area contributed by atoms with Crippen LogP contribution >= 0.6 is 0 Å². The van der Waals surface area contributed by atoms with Crippen LogP contribution in [-0.4, -0.2) is 38.0 Å². The molecular weight excluding hydrogens is 240 g/mol. The molecule has 4 nitrogen and oxygen atoms in total. The van der Waals surface area contributed by atoms with Crippen molar-refractivity contribution in [3.63, 3.8) is 0 Å². The van der Waals surface area contributed by atoms with Gasteiger partial charge in [0.05, 0.1) is 13.2 Å². The van der Waals surface area contributed by atoms with Gasteiger partial charge in [-0.2, -0.15) is 0 Å². The number of nitrogens with one attached hydrogen (secondary N) is 1. The highest BCUT2D eigenvalue weighted by Crippen LogP contribution is 2.02. The molecule has 0 bridgehead atoms. The Bertz CT molecular complexity index is 324. The number of nitrogens with zero attached hydrogens (tertiary/aromatic N) is 1. The third-order valence-electron chi connectivity index (χ3n) is 2.96. The summed E-state index contributed by atoms with van der Waals surface area (Å²) < 4.78 is 12.8. The normalized spacial score (nSPS) is 11.4. The molecule has 1 rings (SSSR count). The van der Waals surface area contributed by atoms with Crippen molar-refractivity contribution in [1.82, 2.24) is 9.88 Å². The van der Waals surface area contributed by atoms with Gasteiger partial charge in [0.1, 0.15) is 0 Å². The van der Waals surface area contributed by atoms with Gasteiger partial charge in [0.2, 0.25) is 0 Å².